The molecule has 0 spiro atoms. The van der Waals surface area contributed by atoms with Gasteiger partial charge in [-0.25, -0.2) is 4.39 Å². The molecule has 0 radical (unpaired) electrons. The monoisotopic (exact) mass is 237 g/mol. The summed E-state index contributed by atoms with van der Waals surface area (Å²) in [6.07, 6.45) is 1.53. The molecule has 1 aliphatic rings. The second-order valence-electron chi connectivity index (χ2n) is 3.87. The number of furan rings is 1. The summed E-state index contributed by atoms with van der Waals surface area (Å²) in [6, 6.07) is 5.58. The van der Waals surface area contributed by atoms with Gasteiger partial charge in [-0.3, -0.25) is 0 Å². The molecule has 0 amide bonds. The van der Waals surface area contributed by atoms with Gasteiger partial charge < -0.3 is 9.73 Å². The van der Waals surface area contributed by atoms with Crippen molar-refractivity contribution >= 4 is 22.7 Å². The van der Waals surface area contributed by atoms with E-state index in [0.29, 0.717) is 5.58 Å². The Balaban J connectivity index is 2.05. The zero-order valence-corrected chi connectivity index (χ0v) is 9.52. The van der Waals surface area contributed by atoms with E-state index in [1.165, 1.54) is 6.26 Å². The Kier molecular flexibility index (Phi) is 2.61. The zero-order valence-electron chi connectivity index (χ0n) is 8.70. The van der Waals surface area contributed by atoms with Crippen LogP contribution in [0.1, 0.15) is 10.8 Å². The smallest absolute Gasteiger partial charge is 0.170 e. The van der Waals surface area contributed by atoms with Crippen LogP contribution in [0.5, 0.6) is 0 Å². The van der Waals surface area contributed by atoms with Gasteiger partial charge >= 0.3 is 0 Å². The van der Waals surface area contributed by atoms with Gasteiger partial charge in [-0.15, -0.1) is 0 Å². The number of hydrogen-bond acceptors (Lipinski definition) is 3. The number of benzene rings is 1. The van der Waals surface area contributed by atoms with Gasteiger partial charge in [0.05, 0.1) is 6.26 Å². The Morgan fingerprint density at radius 2 is 2.31 bits per heavy atom. The molecular weight excluding hydrogens is 225 g/mol. The Bertz CT molecular complexity index is 505. The Hall–Kier alpha value is -1.00. The summed E-state index contributed by atoms with van der Waals surface area (Å²) in [4.78, 5) is 0. The summed E-state index contributed by atoms with van der Waals surface area (Å²) < 4.78 is 19.3. The van der Waals surface area contributed by atoms with Crippen molar-refractivity contribution in [3.8, 4) is 0 Å². The molecule has 1 fully saturated rings. The maximum absolute atomic E-state index is 14.2. The third-order valence-electron chi connectivity index (χ3n) is 2.87. The Morgan fingerprint density at radius 1 is 1.38 bits per heavy atom. The van der Waals surface area contributed by atoms with E-state index >= 15 is 0 Å². The second-order valence-corrected chi connectivity index (χ2v) is 5.18. The molecule has 1 saturated heterocycles. The molecule has 2 nitrogen and oxygen atoms in total. The minimum absolute atomic E-state index is 0.197. The normalized spacial score (nSPS) is 21.4. The molecule has 0 saturated carbocycles. The SMILES string of the molecule is Fc1c(C2CNCCS2)ccc2ccoc12. The molecule has 1 aromatic heterocycles. The van der Waals surface area contributed by atoms with Crippen LogP contribution in [0.3, 0.4) is 0 Å². The Labute approximate surface area is 97.2 Å². The van der Waals surface area contributed by atoms with E-state index < -0.39 is 0 Å². The van der Waals surface area contributed by atoms with E-state index in [2.05, 4.69) is 5.32 Å². The average Bonchev–Trinajstić information content (AvgIpc) is 2.80. The first-order valence-corrected chi connectivity index (χ1v) is 6.39. The first-order valence-electron chi connectivity index (χ1n) is 5.34. The first-order chi connectivity index (χ1) is 7.86. The fourth-order valence-corrected chi connectivity index (χ4v) is 3.17. The minimum Gasteiger partial charge on any atom is -0.461 e. The van der Waals surface area contributed by atoms with E-state index in [0.717, 1.165) is 29.8 Å². The van der Waals surface area contributed by atoms with Crippen molar-refractivity contribution in [2.75, 3.05) is 18.8 Å². The van der Waals surface area contributed by atoms with Gasteiger partial charge in [-0.05, 0) is 6.07 Å². The summed E-state index contributed by atoms with van der Waals surface area (Å²) in [5.74, 6) is 0.823. The van der Waals surface area contributed by atoms with Crippen LogP contribution in [0.25, 0.3) is 11.0 Å². The maximum Gasteiger partial charge on any atom is 0.170 e. The van der Waals surface area contributed by atoms with E-state index in [1.54, 1.807) is 17.8 Å². The lowest BCUT2D eigenvalue weighted by molar-refractivity contribution is 0.547. The van der Waals surface area contributed by atoms with Gasteiger partial charge in [-0.2, -0.15) is 11.8 Å². The number of nitrogens with one attached hydrogen (secondary N) is 1. The van der Waals surface area contributed by atoms with Gasteiger partial charge in [0.2, 0.25) is 0 Å². The quantitative estimate of drug-likeness (QED) is 0.825. The van der Waals surface area contributed by atoms with Crippen LogP contribution in [0, 0.1) is 5.82 Å². The first kappa shape index (κ1) is 10.2. The molecule has 84 valence electrons. The summed E-state index contributed by atoms with van der Waals surface area (Å²) in [6.45, 7) is 1.83. The van der Waals surface area contributed by atoms with E-state index in [4.69, 9.17) is 4.42 Å². The summed E-state index contributed by atoms with van der Waals surface area (Å²) in [5, 5.41) is 4.31. The maximum atomic E-state index is 14.2. The Morgan fingerprint density at radius 3 is 3.12 bits per heavy atom. The third kappa shape index (κ3) is 1.62. The zero-order chi connectivity index (χ0) is 11.0. The molecule has 4 heteroatoms. The van der Waals surface area contributed by atoms with Crippen LogP contribution in [0.2, 0.25) is 0 Å². The fraction of sp³-hybridized carbons (Fsp3) is 0.333. The highest BCUT2D eigenvalue weighted by Crippen LogP contribution is 2.34. The van der Waals surface area contributed by atoms with Crippen molar-refractivity contribution in [1.29, 1.82) is 0 Å². The molecule has 16 heavy (non-hydrogen) atoms. The largest absolute Gasteiger partial charge is 0.461 e. The molecule has 1 aromatic carbocycles. The fourth-order valence-electron chi connectivity index (χ4n) is 2.03. The van der Waals surface area contributed by atoms with Gasteiger partial charge in [0.25, 0.3) is 0 Å². The molecule has 2 aromatic rings. The summed E-state index contributed by atoms with van der Waals surface area (Å²) in [5.41, 5.74) is 1.13. The topological polar surface area (TPSA) is 25.2 Å². The lowest BCUT2D eigenvalue weighted by atomic mass is 10.1. The molecule has 1 N–H and O–H groups in total. The molecule has 1 atom stereocenters. The molecule has 1 aliphatic heterocycles. The van der Waals surface area contributed by atoms with Gasteiger partial charge in [-0.1, -0.05) is 12.1 Å². The van der Waals surface area contributed by atoms with Crippen molar-refractivity contribution in [2.24, 2.45) is 0 Å². The molecule has 2 heterocycles. The van der Waals surface area contributed by atoms with Crippen molar-refractivity contribution < 1.29 is 8.81 Å². The van der Waals surface area contributed by atoms with Crippen molar-refractivity contribution in [3.05, 3.63) is 35.8 Å². The van der Waals surface area contributed by atoms with Crippen LogP contribution in [-0.2, 0) is 0 Å². The van der Waals surface area contributed by atoms with E-state index in [1.807, 2.05) is 12.1 Å². The van der Waals surface area contributed by atoms with Crippen LogP contribution in [0.4, 0.5) is 4.39 Å². The van der Waals surface area contributed by atoms with Crippen molar-refractivity contribution in [3.63, 3.8) is 0 Å². The van der Waals surface area contributed by atoms with Gasteiger partial charge in [0, 0.05) is 35.0 Å². The molecule has 1 unspecified atom stereocenters. The molecular formula is C12H12FNOS. The number of halogens is 1. The van der Waals surface area contributed by atoms with E-state index in [-0.39, 0.29) is 11.1 Å². The van der Waals surface area contributed by atoms with Crippen LogP contribution >= 0.6 is 11.8 Å². The second kappa shape index (κ2) is 4.11. The summed E-state index contributed by atoms with van der Waals surface area (Å²) in [7, 11) is 0. The number of fused-ring (bicyclic) bond motifs is 1. The van der Waals surface area contributed by atoms with Crippen LogP contribution in [-0.4, -0.2) is 18.8 Å². The van der Waals surface area contributed by atoms with Crippen molar-refractivity contribution in [2.45, 2.75) is 5.25 Å². The number of thioether (sulfide) groups is 1. The lowest BCUT2D eigenvalue weighted by Gasteiger charge is -2.23. The third-order valence-corrected chi connectivity index (χ3v) is 4.13. The standard InChI is InChI=1S/C12H12FNOS/c13-11-9(10-7-14-4-6-16-10)2-1-8-3-5-15-12(8)11/h1-3,5,10,14H,4,6-7H2. The highest BCUT2D eigenvalue weighted by molar-refractivity contribution is 7.99. The van der Waals surface area contributed by atoms with E-state index in [9.17, 15) is 4.39 Å². The predicted octanol–water partition coefficient (Wildman–Crippen LogP) is 2.95. The minimum atomic E-state index is -0.205. The predicted molar refractivity (Wildman–Crippen MR) is 64.2 cm³/mol. The average molecular weight is 237 g/mol. The van der Waals surface area contributed by atoms with Crippen LogP contribution < -0.4 is 5.32 Å². The molecule has 3 rings (SSSR count). The molecule has 0 bridgehead atoms. The molecule has 0 aliphatic carbocycles. The van der Waals surface area contributed by atoms with Crippen molar-refractivity contribution in [1.82, 2.24) is 5.32 Å². The van der Waals surface area contributed by atoms with Crippen LogP contribution in [0.15, 0.2) is 28.9 Å². The summed E-state index contributed by atoms with van der Waals surface area (Å²) >= 11 is 1.80. The number of hydrogen-bond donors (Lipinski definition) is 1. The van der Waals surface area contributed by atoms with Gasteiger partial charge in [0.1, 0.15) is 0 Å². The van der Waals surface area contributed by atoms with Gasteiger partial charge in [0.15, 0.2) is 11.4 Å². The number of rotatable bonds is 1. The highest BCUT2D eigenvalue weighted by atomic mass is 32.2. The lowest BCUT2D eigenvalue weighted by Crippen LogP contribution is -2.28. The highest BCUT2D eigenvalue weighted by Gasteiger charge is 2.21.